The van der Waals surface area contributed by atoms with Gasteiger partial charge in [0.25, 0.3) is 0 Å². The molecule has 6 heteroatoms. The second-order valence-corrected chi connectivity index (χ2v) is 8.06. The van der Waals surface area contributed by atoms with Crippen LogP contribution in [0.15, 0.2) is 75.0 Å². The van der Waals surface area contributed by atoms with E-state index in [1.807, 2.05) is 17.1 Å². The van der Waals surface area contributed by atoms with E-state index in [-0.39, 0.29) is 6.04 Å². The maximum Gasteiger partial charge on any atom is 0.246 e. The molecule has 4 nitrogen and oxygen atoms in total. The fraction of sp³-hybridized carbons (Fsp3) is 0.150. The Morgan fingerprint density at radius 3 is 2.19 bits per heavy atom. The van der Waals surface area contributed by atoms with Crippen molar-refractivity contribution in [1.29, 1.82) is 0 Å². The van der Waals surface area contributed by atoms with Gasteiger partial charge in [-0.3, -0.25) is 0 Å². The molecule has 3 aromatic rings. The van der Waals surface area contributed by atoms with Gasteiger partial charge in [-0.1, -0.05) is 57.9 Å². The summed E-state index contributed by atoms with van der Waals surface area (Å²) < 4.78 is 1.91. The van der Waals surface area contributed by atoms with Crippen molar-refractivity contribution in [2.45, 2.75) is 19.4 Å². The first-order valence-corrected chi connectivity index (χ1v) is 9.85. The van der Waals surface area contributed by atoms with Gasteiger partial charge in [0.2, 0.25) is 5.95 Å². The molecule has 0 unspecified atom stereocenters. The van der Waals surface area contributed by atoms with E-state index in [9.17, 15) is 0 Å². The van der Waals surface area contributed by atoms with E-state index in [4.69, 9.17) is 5.10 Å². The maximum atomic E-state index is 4.86. The number of hydrogen-bond acceptors (Lipinski definition) is 4. The topological polar surface area (TPSA) is 41.4 Å². The number of halogens is 2. The quantitative estimate of drug-likeness (QED) is 0.494. The number of nitrogens with zero attached hydrogens (tertiary/aromatic N) is 4. The summed E-state index contributed by atoms with van der Waals surface area (Å²) in [6, 6.07) is 16.9. The van der Waals surface area contributed by atoms with Crippen molar-refractivity contribution in [1.82, 2.24) is 9.97 Å². The van der Waals surface area contributed by atoms with Gasteiger partial charge in [-0.15, -0.1) is 0 Å². The minimum Gasteiger partial charge on any atom is -0.223 e. The van der Waals surface area contributed by atoms with Crippen LogP contribution in [0.1, 0.15) is 29.2 Å². The molecule has 0 saturated heterocycles. The van der Waals surface area contributed by atoms with Crippen molar-refractivity contribution < 1.29 is 0 Å². The van der Waals surface area contributed by atoms with Crippen molar-refractivity contribution in [2.75, 3.05) is 5.01 Å². The summed E-state index contributed by atoms with van der Waals surface area (Å²) in [6.45, 7) is 2.10. The highest BCUT2D eigenvalue weighted by molar-refractivity contribution is 9.10. The Bertz CT molecular complexity index is 935. The van der Waals surface area contributed by atoms with Gasteiger partial charge in [0.1, 0.15) is 0 Å². The van der Waals surface area contributed by atoms with E-state index in [0.29, 0.717) is 5.95 Å². The Balaban J connectivity index is 1.74. The normalized spacial score (nSPS) is 16.7. The molecule has 0 amide bonds. The van der Waals surface area contributed by atoms with Crippen LogP contribution >= 0.6 is 31.9 Å². The summed E-state index contributed by atoms with van der Waals surface area (Å²) >= 11 is 6.88. The number of rotatable bonds is 3. The fourth-order valence-electron chi connectivity index (χ4n) is 2.98. The van der Waals surface area contributed by atoms with Gasteiger partial charge in [0, 0.05) is 23.3 Å². The lowest BCUT2D eigenvalue weighted by Crippen LogP contribution is -2.20. The van der Waals surface area contributed by atoms with E-state index in [2.05, 4.69) is 85.1 Å². The molecule has 0 aliphatic carbocycles. The maximum absolute atomic E-state index is 4.86. The highest BCUT2D eigenvalue weighted by atomic mass is 79.9. The highest BCUT2D eigenvalue weighted by Gasteiger charge is 2.31. The summed E-state index contributed by atoms with van der Waals surface area (Å²) in [5.41, 5.74) is 4.60. The van der Waals surface area contributed by atoms with Crippen molar-refractivity contribution in [3.05, 3.63) is 86.6 Å². The van der Waals surface area contributed by atoms with Crippen molar-refractivity contribution in [3.8, 4) is 0 Å². The Hall–Kier alpha value is -2.05. The number of anilines is 1. The zero-order valence-electron chi connectivity index (χ0n) is 14.1. The van der Waals surface area contributed by atoms with Gasteiger partial charge in [-0.2, -0.15) is 5.10 Å². The lowest BCUT2D eigenvalue weighted by Gasteiger charge is -2.21. The number of hydrogen-bond donors (Lipinski definition) is 0. The van der Waals surface area contributed by atoms with Crippen molar-refractivity contribution in [3.63, 3.8) is 0 Å². The summed E-state index contributed by atoms with van der Waals surface area (Å²) in [5, 5.41) is 6.79. The summed E-state index contributed by atoms with van der Waals surface area (Å²) in [7, 11) is 0. The second-order valence-electron chi connectivity index (χ2n) is 6.23. The molecule has 1 aromatic heterocycles. The number of aryl methyl sites for hydroxylation is 1. The van der Waals surface area contributed by atoms with Crippen LogP contribution in [0.2, 0.25) is 0 Å². The monoisotopic (exact) mass is 470 g/mol. The average Bonchev–Trinajstić information content (AvgIpc) is 3.09. The first-order valence-electron chi connectivity index (χ1n) is 8.27. The van der Waals surface area contributed by atoms with Crippen LogP contribution in [0.25, 0.3) is 0 Å². The van der Waals surface area contributed by atoms with E-state index in [0.717, 1.165) is 26.6 Å². The van der Waals surface area contributed by atoms with Crippen LogP contribution in [0.4, 0.5) is 5.95 Å². The molecule has 0 radical (unpaired) electrons. The predicted octanol–water partition coefficient (Wildman–Crippen LogP) is 5.67. The molecule has 0 bridgehead atoms. The molecule has 1 aliphatic rings. The van der Waals surface area contributed by atoms with E-state index in [1.165, 1.54) is 11.1 Å². The lowest BCUT2D eigenvalue weighted by atomic mass is 9.98. The van der Waals surface area contributed by atoms with Crippen molar-refractivity contribution >= 4 is 43.5 Å². The highest BCUT2D eigenvalue weighted by Crippen LogP contribution is 2.35. The third-order valence-corrected chi connectivity index (χ3v) is 5.30. The Kier molecular flexibility index (Phi) is 4.87. The van der Waals surface area contributed by atoms with Crippen LogP contribution in [0.3, 0.4) is 0 Å². The zero-order valence-corrected chi connectivity index (χ0v) is 17.3. The van der Waals surface area contributed by atoms with Crippen LogP contribution in [0.5, 0.6) is 0 Å². The number of benzene rings is 2. The van der Waals surface area contributed by atoms with Crippen molar-refractivity contribution in [2.24, 2.45) is 5.10 Å². The molecule has 0 spiro atoms. The molecule has 0 N–H and O–H groups in total. The van der Waals surface area contributed by atoms with Crippen LogP contribution < -0.4 is 5.01 Å². The molecule has 26 heavy (non-hydrogen) atoms. The van der Waals surface area contributed by atoms with Gasteiger partial charge in [0.05, 0.1) is 16.2 Å². The van der Waals surface area contributed by atoms with Gasteiger partial charge in [-0.25, -0.2) is 15.0 Å². The average molecular weight is 472 g/mol. The second kappa shape index (κ2) is 7.29. The van der Waals surface area contributed by atoms with Gasteiger partial charge < -0.3 is 0 Å². The largest absolute Gasteiger partial charge is 0.246 e. The van der Waals surface area contributed by atoms with Gasteiger partial charge >= 0.3 is 0 Å². The molecule has 4 rings (SSSR count). The Labute approximate surface area is 169 Å². The van der Waals surface area contributed by atoms with Gasteiger partial charge in [0.15, 0.2) is 0 Å². The summed E-state index contributed by atoms with van der Waals surface area (Å²) in [6.07, 6.45) is 4.31. The Morgan fingerprint density at radius 1 is 0.885 bits per heavy atom. The first kappa shape index (κ1) is 17.4. The van der Waals surface area contributed by atoms with E-state index in [1.54, 1.807) is 12.4 Å². The molecule has 2 aromatic carbocycles. The minimum atomic E-state index is 0.0791. The fourth-order valence-corrected chi connectivity index (χ4v) is 3.45. The Morgan fingerprint density at radius 2 is 1.54 bits per heavy atom. The van der Waals surface area contributed by atoms with Crippen LogP contribution in [-0.2, 0) is 0 Å². The number of hydrazone groups is 1. The predicted molar refractivity (Wildman–Crippen MR) is 111 cm³/mol. The van der Waals surface area contributed by atoms with Crippen LogP contribution in [0, 0.1) is 6.92 Å². The third-order valence-electron chi connectivity index (χ3n) is 4.36. The molecule has 130 valence electrons. The molecule has 1 aliphatic heterocycles. The summed E-state index contributed by atoms with van der Waals surface area (Å²) in [5.74, 6) is 0.603. The van der Waals surface area contributed by atoms with E-state index < -0.39 is 0 Å². The number of aromatic nitrogens is 2. The molecule has 0 saturated carbocycles. The molecule has 0 fully saturated rings. The molecule has 1 atom stereocenters. The standard InChI is InChI=1S/C20H16Br2N4/c1-13-2-4-15(5-3-13)19-10-18(14-6-8-16(21)9-7-14)25-26(19)20-23-11-17(22)12-24-20/h2-9,11-12,19H,10H2,1H3/t19-/m1/s1. The lowest BCUT2D eigenvalue weighted by molar-refractivity contribution is 0.686. The zero-order chi connectivity index (χ0) is 18.1. The first-order chi connectivity index (χ1) is 12.6. The van der Waals surface area contributed by atoms with E-state index >= 15 is 0 Å². The third kappa shape index (κ3) is 3.57. The summed E-state index contributed by atoms with van der Waals surface area (Å²) in [4.78, 5) is 8.90. The molecular formula is C20H16Br2N4. The smallest absolute Gasteiger partial charge is 0.223 e. The van der Waals surface area contributed by atoms with Gasteiger partial charge in [-0.05, 0) is 46.1 Å². The minimum absolute atomic E-state index is 0.0791. The SMILES string of the molecule is Cc1ccc([C@H]2CC(c3ccc(Br)cc3)=NN2c2ncc(Br)cn2)cc1. The van der Waals surface area contributed by atoms with Crippen LogP contribution in [-0.4, -0.2) is 15.7 Å². The molecule has 2 heterocycles. The molecular weight excluding hydrogens is 456 g/mol.